The second-order valence-corrected chi connectivity index (χ2v) is 4.49. The van der Waals surface area contributed by atoms with Crippen LogP contribution in [0.4, 0.5) is 0 Å². The molecule has 2 aromatic rings. The average Bonchev–Trinajstić information content (AvgIpc) is 2.78. The number of benzene rings is 1. The van der Waals surface area contributed by atoms with E-state index >= 15 is 0 Å². The molecule has 0 unspecified atom stereocenters. The van der Waals surface area contributed by atoms with Gasteiger partial charge in [0.05, 0.1) is 12.4 Å². The number of aromatic nitrogens is 2. The van der Waals surface area contributed by atoms with Gasteiger partial charge in [0.2, 0.25) is 0 Å². The number of hydrogen-bond donors (Lipinski definition) is 0. The first-order valence-electron chi connectivity index (χ1n) is 5.88. The molecule has 1 heterocycles. The number of aryl methyl sites for hydroxylation is 1. The van der Waals surface area contributed by atoms with Gasteiger partial charge in [-0.15, -0.1) is 0 Å². The molecule has 0 aliphatic carbocycles. The zero-order valence-corrected chi connectivity index (χ0v) is 10.8. The summed E-state index contributed by atoms with van der Waals surface area (Å²) in [6.45, 7) is 5.99. The second kappa shape index (κ2) is 5.04. The molecule has 4 heteroatoms. The number of carbonyl (C=O) groups excluding carboxylic acids is 1. The number of ether oxygens (including phenoxy) is 1. The predicted octanol–water partition coefficient (Wildman–Crippen LogP) is 3.38. The van der Waals surface area contributed by atoms with Gasteiger partial charge in [-0.3, -0.25) is 9.48 Å². The highest BCUT2D eigenvalue weighted by Gasteiger charge is 2.05. The fraction of sp³-hybridized carbons (Fsp3) is 0.286. The van der Waals surface area contributed by atoms with E-state index in [-0.39, 0.29) is 0 Å². The highest BCUT2D eigenvalue weighted by molar-refractivity contribution is 5.77. The molecule has 0 amide bonds. The summed E-state index contributed by atoms with van der Waals surface area (Å²) >= 11 is 0. The standard InChI is InChI=1S/C14H16N2O2/c1-10(2)16-8-14(7-15-16)18-13-5-4-12(9-17)11(3)6-13/h4-10H,1-3H3. The minimum Gasteiger partial charge on any atom is -0.454 e. The lowest BCUT2D eigenvalue weighted by molar-refractivity contribution is 0.112. The van der Waals surface area contributed by atoms with E-state index < -0.39 is 0 Å². The lowest BCUT2D eigenvalue weighted by Crippen LogP contribution is -1.99. The molecule has 1 aromatic heterocycles. The Labute approximate surface area is 106 Å². The van der Waals surface area contributed by atoms with Crippen molar-refractivity contribution in [1.29, 1.82) is 0 Å². The molecule has 0 saturated carbocycles. The fourth-order valence-electron chi connectivity index (χ4n) is 1.64. The smallest absolute Gasteiger partial charge is 0.165 e. The summed E-state index contributed by atoms with van der Waals surface area (Å²) in [5.41, 5.74) is 1.58. The lowest BCUT2D eigenvalue weighted by Gasteiger charge is -2.06. The van der Waals surface area contributed by atoms with E-state index in [1.54, 1.807) is 18.3 Å². The van der Waals surface area contributed by atoms with Crippen LogP contribution in [0.3, 0.4) is 0 Å². The minimum absolute atomic E-state index is 0.307. The molecule has 0 atom stereocenters. The molecular weight excluding hydrogens is 228 g/mol. The van der Waals surface area contributed by atoms with Crippen LogP contribution in [0, 0.1) is 6.92 Å². The van der Waals surface area contributed by atoms with Gasteiger partial charge in [0.25, 0.3) is 0 Å². The summed E-state index contributed by atoms with van der Waals surface area (Å²) < 4.78 is 7.53. The topological polar surface area (TPSA) is 44.1 Å². The third-order valence-electron chi connectivity index (χ3n) is 2.71. The Morgan fingerprint density at radius 1 is 1.33 bits per heavy atom. The van der Waals surface area contributed by atoms with Crippen molar-refractivity contribution in [2.24, 2.45) is 0 Å². The Hall–Kier alpha value is -2.10. The van der Waals surface area contributed by atoms with Crippen molar-refractivity contribution in [1.82, 2.24) is 9.78 Å². The van der Waals surface area contributed by atoms with E-state index in [2.05, 4.69) is 18.9 Å². The molecule has 0 aliphatic heterocycles. The van der Waals surface area contributed by atoms with Gasteiger partial charge in [-0.25, -0.2) is 0 Å². The van der Waals surface area contributed by atoms with E-state index in [1.165, 1.54) is 0 Å². The van der Waals surface area contributed by atoms with Crippen molar-refractivity contribution in [2.75, 3.05) is 0 Å². The molecule has 0 radical (unpaired) electrons. The number of hydrogen-bond acceptors (Lipinski definition) is 3. The first kappa shape index (κ1) is 12.4. The van der Waals surface area contributed by atoms with Gasteiger partial charge in [0.15, 0.2) is 5.75 Å². The van der Waals surface area contributed by atoms with Crippen molar-refractivity contribution in [3.05, 3.63) is 41.7 Å². The Morgan fingerprint density at radius 2 is 2.11 bits per heavy atom. The summed E-state index contributed by atoms with van der Waals surface area (Å²) in [6.07, 6.45) is 4.38. The highest BCUT2D eigenvalue weighted by Crippen LogP contribution is 2.23. The van der Waals surface area contributed by atoms with Crippen LogP contribution in [-0.4, -0.2) is 16.1 Å². The molecule has 4 nitrogen and oxygen atoms in total. The summed E-state index contributed by atoms with van der Waals surface area (Å²) in [4.78, 5) is 10.7. The Balaban J connectivity index is 2.17. The van der Waals surface area contributed by atoms with Crippen LogP contribution in [0.5, 0.6) is 11.5 Å². The maximum absolute atomic E-state index is 10.7. The summed E-state index contributed by atoms with van der Waals surface area (Å²) in [6, 6.07) is 5.69. The van der Waals surface area contributed by atoms with Crippen LogP contribution in [0.15, 0.2) is 30.6 Å². The first-order chi connectivity index (χ1) is 8.60. The summed E-state index contributed by atoms with van der Waals surface area (Å²) in [7, 11) is 0. The summed E-state index contributed by atoms with van der Waals surface area (Å²) in [5.74, 6) is 1.41. The van der Waals surface area contributed by atoms with Gasteiger partial charge in [-0.05, 0) is 44.5 Å². The normalized spacial score (nSPS) is 10.7. The van der Waals surface area contributed by atoms with Crippen molar-refractivity contribution >= 4 is 6.29 Å². The van der Waals surface area contributed by atoms with E-state index in [0.29, 0.717) is 23.1 Å². The van der Waals surface area contributed by atoms with Crippen LogP contribution in [0.1, 0.15) is 35.8 Å². The number of carbonyl (C=O) groups is 1. The van der Waals surface area contributed by atoms with E-state index in [1.807, 2.05) is 23.9 Å². The number of aldehydes is 1. The quantitative estimate of drug-likeness (QED) is 0.774. The van der Waals surface area contributed by atoms with Crippen LogP contribution in [0.2, 0.25) is 0 Å². The van der Waals surface area contributed by atoms with Crippen molar-refractivity contribution in [3.8, 4) is 11.5 Å². The van der Waals surface area contributed by atoms with Gasteiger partial charge < -0.3 is 4.74 Å². The molecule has 2 rings (SSSR count). The number of nitrogens with zero attached hydrogens (tertiary/aromatic N) is 2. The average molecular weight is 244 g/mol. The van der Waals surface area contributed by atoms with Crippen molar-refractivity contribution in [2.45, 2.75) is 26.8 Å². The third kappa shape index (κ3) is 2.59. The van der Waals surface area contributed by atoms with E-state index in [4.69, 9.17) is 4.74 Å². The Bertz CT molecular complexity index is 559. The maximum atomic E-state index is 10.7. The SMILES string of the molecule is Cc1cc(Oc2cnn(C(C)C)c2)ccc1C=O. The van der Waals surface area contributed by atoms with E-state index in [9.17, 15) is 4.79 Å². The van der Waals surface area contributed by atoms with Crippen molar-refractivity contribution in [3.63, 3.8) is 0 Å². The monoisotopic (exact) mass is 244 g/mol. The lowest BCUT2D eigenvalue weighted by atomic mass is 10.1. The molecule has 94 valence electrons. The molecule has 0 spiro atoms. The predicted molar refractivity (Wildman–Crippen MR) is 69.3 cm³/mol. The zero-order valence-electron chi connectivity index (χ0n) is 10.8. The Morgan fingerprint density at radius 3 is 2.67 bits per heavy atom. The van der Waals surface area contributed by atoms with Gasteiger partial charge in [-0.1, -0.05) is 0 Å². The maximum Gasteiger partial charge on any atom is 0.165 e. The van der Waals surface area contributed by atoms with Gasteiger partial charge >= 0.3 is 0 Å². The van der Waals surface area contributed by atoms with Crippen LogP contribution in [-0.2, 0) is 0 Å². The molecule has 18 heavy (non-hydrogen) atoms. The molecule has 0 bridgehead atoms. The minimum atomic E-state index is 0.307. The van der Waals surface area contributed by atoms with Gasteiger partial charge in [0, 0.05) is 11.6 Å². The third-order valence-corrected chi connectivity index (χ3v) is 2.71. The van der Waals surface area contributed by atoms with Crippen molar-refractivity contribution < 1.29 is 9.53 Å². The summed E-state index contributed by atoms with van der Waals surface area (Å²) in [5, 5.41) is 4.20. The van der Waals surface area contributed by atoms with Crippen LogP contribution < -0.4 is 4.74 Å². The molecule has 0 N–H and O–H groups in total. The molecular formula is C14H16N2O2. The van der Waals surface area contributed by atoms with Crippen LogP contribution >= 0.6 is 0 Å². The molecule has 0 aliphatic rings. The van der Waals surface area contributed by atoms with E-state index in [0.717, 1.165) is 11.8 Å². The molecule has 0 saturated heterocycles. The van der Waals surface area contributed by atoms with Gasteiger partial charge in [0.1, 0.15) is 12.0 Å². The second-order valence-electron chi connectivity index (χ2n) is 4.49. The highest BCUT2D eigenvalue weighted by atomic mass is 16.5. The molecule has 1 aromatic carbocycles. The zero-order chi connectivity index (χ0) is 13.1. The fourth-order valence-corrected chi connectivity index (χ4v) is 1.64. The van der Waals surface area contributed by atoms with Gasteiger partial charge in [-0.2, -0.15) is 5.10 Å². The number of rotatable bonds is 4. The first-order valence-corrected chi connectivity index (χ1v) is 5.88. The largest absolute Gasteiger partial charge is 0.454 e. The molecule has 0 fully saturated rings. The van der Waals surface area contributed by atoms with Crippen LogP contribution in [0.25, 0.3) is 0 Å². The Kier molecular flexibility index (Phi) is 3.46.